The number of ether oxygens (including phenoxy) is 1. The highest BCUT2D eigenvalue weighted by atomic mass is 79.9. The van der Waals surface area contributed by atoms with Crippen LogP contribution >= 0.6 is 15.9 Å². The fourth-order valence-electron chi connectivity index (χ4n) is 1.23. The Balaban J connectivity index is 2.90. The van der Waals surface area contributed by atoms with Crippen molar-refractivity contribution in [2.75, 3.05) is 24.7 Å². The summed E-state index contributed by atoms with van der Waals surface area (Å²) in [6, 6.07) is 4.73. The van der Waals surface area contributed by atoms with Crippen molar-refractivity contribution in [3.63, 3.8) is 0 Å². The Hall–Kier alpha value is -0.590. The molecule has 0 bridgehead atoms. The van der Waals surface area contributed by atoms with Crippen molar-refractivity contribution in [2.45, 2.75) is 11.8 Å². The molecule has 0 aromatic heterocycles. The minimum atomic E-state index is -3.35. The molecule has 0 aliphatic heterocycles. The van der Waals surface area contributed by atoms with Crippen LogP contribution in [0.1, 0.15) is 6.92 Å². The van der Waals surface area contributed by atoms with Crippen LogP contribution in [0.15, 0.2) is 27.6 Å². The highest BCUT2D eigenvalue weighted by Gasteiger charge is 2.17. The van der Waals surface area contributed by atoms with Gasteiger partial charge in [0.1, 0.15) is 0 Å². The molecule has 1 aromatic rings. The highest BCUT2D eigenvalue weighted by molar-refractivity contribution is 9.10. The summed E-state index contributed by atoms with van der Waals surface area (Å²) in [6.07, 6.45) is 0. The third-order valence-corrected chi connectivity index (χ3v) is 4.25. The minimum absolute atomic E-state index is 0.0489. The number of hydrogen-bond donors (Lipinski definition) is 1. The van der Waals surface area contributed by atoms with Crippen molar-refractivity contribution in [1.82, 2.24) is 0 Å². The van der Waals surface area contributed by atoms with Gasteiger partial charge in [0.2, 0.25) is 0 Å². The fraction of sp³-hybridized carbons (Fsp3) is 0.400. The van der Waals surface area contributed by atoms with E-state index in [1.807, 2.05) is 6.92 Å². The largest absolute Gasteiger partial charge is 0.398 e. The first-order valence-electron chi connectivity index (χ1n) is 4.83. The van der Waals surface area contributed by atoms with Crippen LogP contribution in [0.2, 0.25) is 0 Å². The molecule has 6 heteroatoms. The molecule has 0 amide bonds. The molecular weight excluding hydrogens is 294 g/mol. The van der Waals surface area contributed by atoms with Gasteiger partial charge in [0.15, 0.2) is 9.84 Å². The molecule has 0 unspecified atom stereocenters. The van der Waals surface area contributed by atoms with Crippen molar-refractivity contribution >= 4 is 31.5 Å². The van der Waals surface area contributed by atoms with Crippen molar-refractivity contribution in [3.05, 3.63) is 22.7 Å². The first kappa shape index (κ1) is 13.5. The number of nitrogen functional groups attached to an aromatic ring is 1. The van der Waals surface area contributed by atoms with E-state index in [0.717, 1.165) is 4.47 Å². The van der Waals surface area contributed by atoms with Crippen LogP contribution in [0.4, 0.5) is 5.69 Å². The maximum atomic E-state index is 11.9. The van der Waals surface area contributed by atoms with Crippen LogP contribution in [0.3, 0.4) is 0 Å². The molecule has 0 fully saturated rings. The smallest absolute Gasteiger partial charge is 0.182 e. The average molecular weight is 308 g/mol. The summed E-state index contributed by atoms with van der Waals surface area (Å²) < 4.78 is 29.5. The molecule has 0 heterocycles. The number of sulfone groups is 1. The maximum Gasteiger partial charge on any atom is 0.182 e. The van der Waals surface area contributed by atoms with Crippen LogP contribution in [-0.2, 0) is 14.6 Å². The molecule has 0 aliphatic carbocycles. The Kier molecular flexibility index (Phi) is 4.76. The standard InChI is InChI=1S/C10H14BrNO3S/c1-2-15-5-6-16(13,14)10-4-3-8(11)7-9(10)12/h3-4,7H,2,5-6,12H2,1H3. The Bertz CT molecular complexity index is 459. The van der Waals surface area contributed by atoms with Gasteiger partial charge in [-0.2, -0.15) is 0 Å². The lowest BCUT2D eigenvalue weighted by atomic mass is 10.3. The van der Waals surface area contributed by atoms with E-state index >= 15 is 0 Å². The Labute approximate surface area is 104 Å². The van der Waals surface area contributed by atoms with E-state index < -0.39 is 9.84 Å². The summed E-state index contributed by atoms with van der Waals surface area (Å²) in [6.45, 7) is 2.51. The lowest BCUT2D eigenvalue weighted by Crippen LogP contribution is -2.14. The van der Waals surface area contributed by atoms with Gasteiger partial charge in [-0.25, -0.2) is 8.42 Å². The lowest BCUT2D eigenvalue weighted by Gasteiger charge is -2.07. The first-order chi connectivity index (χ1) is 7.47. The molecule has 1 aromatic carbocycles. The zero-order valence-corrected chi connectivity index (χ0v) is 11.3. The number of nitrogens with two attached hydrogens (primary N) is 1. The van der Waals surface area contributed by atoms with Gasteiger partial charge in [-0.1, -0.05) is 15.9 Å². The van der Waals surface area contributed by atoms with Gasteiger partial charge < -0.3 is 10.5 Å². The molecular formula is C10H14BrNO3S. The molecule has 0 radical (unpaired) electrons. The van der Waals surface area contributed by atoms with Crippen molar-refractivity contribution in [2.24, 2.45) is 0 Å². The number of hydrogen-bond acceptors (Lipinski definition) is 4. The Morgan fingerprint density at radius 3 is 2.69 bits per heavy atom. The quantitative estimate of drug-likeness (QED) is 0.665. The summed E-state index contributed by atoms with van der Waals surface area (Å²) >= 11 is 3.23. The molecule has 4 nitrogen and oxygen atoms in total. The molecule has 0 aliphatic rings. The van der Waals surface area contributed by atoms with Crippen LogP contribution < -0.4 is 5.73 Å². The topological polar surface area (TPSA) is 69.4 Å². The van der Waals surface area contributed by atoms with E-state index in [1.165, 1.54) is 6.07 Å². The summed E-state index contributed by atoms with van der Waals surface area (Å²) in [5, 5.41) is 0. The Morgan fingerprint density at radius 2 is 2.12 bits per heavy atom. The molecule has 2 N–H and O–H groups in total. The van der Waals surface area contributed by atoms with E-state index in [1.54, 1.807) is 12.1 Å². The van der Waals surface area contributed by atoms with E-state index in [4.69, 9.17) is 10.5 Å². The van der Waals surface area contributed by atoms with Gasteiger partial charge in [0.25, 0.3) is 0 Å². The second-order valence-electron chi connectivity index (χ2n) is 3.20. The fourth-order valence-corrected chi connectivity index (χ4v) is 2.85. The van der Waals surface area contributed by atoms with Crippen LogP contribution in [0.25, 0.3) is 0 Å². The maximum absolute atomic E-state index is 11.9. The van der Waals surface area contributed by atoms with Crippen LogP contribution in [-0.4, -0.2) is 27.4 Å². The summed E-state index contributed by atoms with van der Waals surface area (Å²) in [5.74, 6) is -0.0489. The van der Waals surface area contributed by atoms with Crippen LogP contribution in [0.5, 0.6) is 0 Å². The van der Waals surface area contributed by atoms with E-state index in [9.17, 15) is 8.42 Å². The van der Waals surface area contributed by atoms with Gasteiger partial charge in [-0.3, -0.25) is 0 Å². The van der Waals surface area contributed by atoms with Gasteiger partial charge in [-0.15, -0.1) is 0 Å². The molecule has 0 saturated carbocycles. The zero-order chi connectivity index (χ0) is 12.2. The second kappa shape index (κ2) is 5.65. The molecule has 90 valence electrons. The summed E-state index contributed by atoms with van der Waals surface area (Å²) in [5.41, 5.74) is 5.92. The predicted molar refractivity (Wildman–Crippen MR) is 67.1 cm³/mol. The second-order valence-corrected chi connectivity index (χ2v) is 6.19. The van der Waals surface area contributed by atoms with Gasteiger partial charge in [0, 0.05) is 11.1 Å². The number of benzene rings is 1. The number of halogens is 1. The first-order valence-corrected chi connectivity index (χ1v) is 7.27. The van der Waals surface area contributed by atoms with Crippen molar-refractivity contribution in [3.8, 4) is 0 Å². The molecule has 1 rings (SSSR count). The number of rotatable bonds is 5. The summed E-state index contributed by atoms with van der Waals surface area (Å²) in [4.78, 5) is 0.162. The molecule has 0 saturated heterocycles. The molecule has 16 heavy (non-hydrogen) atoms. The summed E-state index contributed by atoms with van der Waals surface area (Å²) in [7, 11) is -3.35. The van der Waals surface area contributed by atoms with Crippen molar-refractivity contribution < 1.29 is 13.2 Å². The normalized spacial score (nSPS) is 11.6. The van der Waals surface area contributed by atoms with E-state index in [-0.39, 0.29) is 22.9 Å². The van der Waals surface area contributed by atoms with Gasteiger partial charge >= 0.3 is 0 Å². The third kappa shape index (κ3) is 3.47. The SMILES string of the molecule is CCOCCS(=O)(=O)c1ccc(Br)cc1N. The van der Waals surface area contributed by atoms with Gasteiger partial charge in [-0.05, 0) is 25.1 Å². The van der Waals surface area contributed by atoms with Crippen molar-refractivity contribution in [1.29, 1.82) is 0 Å². The highest BCUT2D eigenvalue weighted by Crippen LogP contribution is 2.23. The molecule has 0 spiro atoms. The van der Waals surface area contributed by atoms with Crippen LogP contribution in [0, 0.1) is 0 Å². The lowest BCUT2D eigenvalue weighted by molar-refractivity contribution is 0.163. The predicted octanol–water partition coefficient (Wildman–Crippen LogP) is 1.84. The zero-order valence-electron chi connectivity index (χ0n) is 8.94. The number of anilines is 1. The minimum Gasteiger partial charge on any atom is -0.398 e. The Morgan fingerprint density at radius 1 is 1.44 bits per heavy atom. The third-order valence-electron chi connectivity index (χ3n) is 2.01. The average Bonchev–Trinajstić information content (AvgIpc) is 2.17. The molecule has 0 atom stereocenters. The van der Waals surface area contributed by atoms with Gasteiger partial charge in [0.05, 0.1) is 22.9 Å². The van der Waals surface area contributed by atoms with E-state index in [0.29, 0.717) is 6.61 Å². The monoisotopic (exact) mass is 307 g/mol. The van der Waals surface area contributed by atoms with E-state index in [2.05, 4.69) is 15.9 Å².